The number of aromatic nitrogens is 7. The van der Waals surface area contributed by atoms with Gasteiger partial charge in [0.15, 0.2) is 16.7 Å². The number of aromatic amines is 1. The summed E-state index contributed by atoms with van der Waals surface area (Å²) >= 11 is 7.18. The van der Waals surface area contributed by atoms with Crippen molar-refractivity contribution in [2.24, 2.45) is 7.05 Å². The van der Waals surface area contributed by atoms with Crippen LogP contribution in [0.5, 0.6) is 0 Å². The van der Waals surface area contributed by atoms with Crippen molar-refractivity contribution in [1.29, 1.82) is 0 Å². The SMILES string of the molecule is Cc1cc(Nc2nc(Sc3ccc(NC(=O)c4c(C(F)(F)F)nn(C)c4Cl)cc3)nc3cccn23)n[nH]1. The molecule has 1 aromatic carbocycles. The first-order valence-electron chi connectivity index (χ1n) is 10.6. The van der Waals surface area contributed by atoms with Crippen molar-refractivity contribution in [2.75, 3.05) is 10.6 Å². The van der Waals surface area contributed by atoms with E-state index in [1.807, 2.05) is 31.3 Å². The van der Waals surface area contributed by atoms with Crippen molar-refractivity contribution in [3.05, 3.63) is 70.8 Å². The number of nitrogens with zero attached hydrogens (tertiary/aromatic N) is 6. The predicted molar refractivity (Wildman–Crippen MR) is 131 cm³/mol. The maximum atomic E-state index is 13.3. The molecule has 37 heavy (non-hydrogen) atoms. The number of carbonyl (C=O) groups excluding carboxylic acids is 1. The monoisotopic (exact) mass is 547 g/mol. The van der Waals surface area contributed by atoms with E-state index < -0.39 is 28.5 Å². The highest BCUT2D eigenvalue weighted by atomic mass is 35.5. The second-order valence-electron chi connectivity index (χ2n) is 7.84. The lowest BCUT2D eigenvalue weighted by Gasteiger charge is -2.10. The van der Waals surface area contributed by atoms with Crippen LogP contribution in [0.2, 0.25) is 5.15 Å². The summed E-state index contributed by atoms with van der Waals surface area (Å²) in [5.41, 5.74) is -0.248. The topological polar surface area (TPSA) is 118 Å². The molecule has 0 atom stereocenters. The molecular formula is C22H17ClF3N9OS. The Hall–Kier alpha value is -4.04. The van der Waals surface area contributed by atoms with E-state index in [4.69, 9.17) is 11.6 Å². The molecule has 0 aliphatic heterocycles. The van der Waals surface area contributed by atoms with E-state index in [0.29, 0.717) is 22.6 Å². The Bertz CT molecular complexity index is 1610. The number of carbonyl (C=O) groups is 1. The van der Waals surface area contributed by atoms with Gasteiger partial charge in [-0.3, -0.25) is 19.0 Å². The van der Waals surface area contributed by atoms with Crippen LogP contribution in [0.3, 0.4) is 0 Å². The summed E-state index contributed by atoms with van der Waals surface area (Å²) in [4.78, 5) is 22.4. The summed E-state index contributed by atoms with van der Waals surface area (Å²) in [7, 11) is 1.23. The first-order valence-corrected chi connectivity index (χ1v) is 11.8. The Morgan fingerprint density at radius 3 is 2.59 bits per heavy atom. The van der Waals surface area contributed by atoms with E-state index in [-0.39, 0.29) is 5.69 Å². The second-order valence-corrected chi connectivity index (χ2v) is 9.24. The number of H-pyrrole nitrogens is 1. The van der Waals surface area contributed by atoms with Gasteiger partial charge in [-0.25, -0.2) is 4.98 Å². The predicted octanol–water partition coefficient (Wildman–Crippen LogP) is 5.31. The standard InChI is InChI=1S/C22H17ClF3N9OS/c1-11-10-14(32-31-11)28-20-30-21(29-15-4-3-9-35(15)20)37-13-7-5-12(6-8-13)27-19(36)16-17(22(24,25)26)33-34(2)18(16)23/h3-10H,1-2H3,(H,27,36)(H2,28,29,30,31,32). The minimum absolute atomic E-state index is 0.279. The average molecular weight is 548 g/mol. The number of benzene rings is 1. The fourth-order valence-corrected chi connectivity index (χ4v) is 4.42. The number of rotatable bonds is 6. The first kappa shape index (κ1) is 24.6. The van der Waals surface area contributed by atoms with Gasteiger partial charge in [-0.15, -0.1) is 0 Å². The van der Waals surface area contributed by atoms with Gasteiger partial charge in [0, 0.05) is 35.6 Å². The maximum absolute atomic E-state index is 13.3. The van der Waals surface area contributed by atoms with E-state index in [2.05, 4.69) is 35.9 Å². The zero-order valence-corrected chi connectivity index (χ0v) is 20.7. The summed E-state index contributed by atoms with van der Waals surface area (Å²) in [6.45, 7) is 1.89. The van der Waals surface area contributed by atoms with Crippen LogP contribution in [0.25, 0.3) is 5.65 Å². The molecule has 5 aromatic rings. The zero-order valence-electron chi connectivity index (χ0n) is 19.1. The van der Waals surface area contributed by atoms with Crippen molar-refractivity contribution < 1.29 is 18.0 Å². The van der Waals surface area contributed by atoms with Crippen molar-refractivity contribution in [3.63, 3.8) is 0 Å². The highest BCUT2D eigenvalue weighted by Crippen LogP contribution is 2.35. The number of nitrogens with one attached hydrogen (secondary N) is 3. The average Bonchev–Trinajstić information content (AvgIpc) is 3.54. The van der Waals surface area contributed by atoms with E-state index in [9.17, 15) is 18.0 Å². The van der Waals surface area contributed by atoms with Gasteiger partial charge in [0.1, 0.15) is 16.4 Å². The third-order valence-corrected chi connectivity index (χ3v) is 6.41. The third kappa shape index (κ3) is 5.11. The Balaban J connectivity index is 1.34. The molecule has 0 bridgehead atoms. The number of alkyl halides is 3. The second kappa shape index (κ2) is 9.44. The smallest absolute Gasteiger partial charge is 0.322 e. The molecule has 0 unspecified atom stereocenters. The summed E-state index contributed by atoms with van der Waals surface area (Å²) in [6.07, 6.45) is -3.01. The van der Waals surface area contributed by atoms with E-state index in [0.717, 1.165) is 15.3 Å². The van der Waals surface area contributed by atoms with E-state index >= 15 is 0 Å². The van der Waals surface area contributed by atoms with Gasteiger partial charge in [-0.1, -0.05) is 11.6 Å². The molecule has 15 heteroatoms. The number of amides is 1. The molecule has 1 amide bonds. The molecule has 4 aromatic heterocycles. The molecular weight excluding hydrogens is 531 g/mol. The number of halogens is 4. The molecule has 3 N–H and O–H groups in total. The molecule has 4 heterocycles. The number of fused-ring (bicyclic) bond motifs is 1. The fourth-order valence-electron chi connectivity index (χ4n) is 3.45. The van der Waals surface area contributed by atoms with Crippen LogP contribution in [0.4, 0.5) is 30.6 Å². The number of aryl methyl sites for hydroxylation is 2. The molecule has 5 rings (SSSR count). The van der Waals surface area contributed by atoms with Gasteiger partial charge in [0.05, 0.1) is 0 Å². The first-order chi connectivity index (χ1) is 17.6. The molecule has 10 nitrogen and oxygen atoms in total. The molecule has 0 spiro atoms. The molecule has 0 saturated carbocycles. The van der Waals surface area contributed by atoms with E-state index in [1.165, 1.54) is 18.8 Å². The normalized spacial score (nSPS) is 11.7. The maximum Gasteiger partial charge on any atom is 0.436 e. The van der Waals surface area contributed by atoms with Crippen molar-refractivity contribution in [1.82, 2.24) is 34.3 Å². The number of hydrogen-bond donors (Lipinski definition) is 3. The van der Waals surface area contributed by atoms with Crippen LogP contribution in [0.15, 0.2) is 58.7 Å². The lowest BCUT2D eigenvalue weighted by molar-refractivity contribution is -0.141. The molecule has 0 saturated heterocycles. The Labute approximate surface area is 216 Å². The highest BCUT2D eigenvalue weighted by molar-refractivity contribution is 7.99. The van der Waals surface area contributed by atoms with Crippen LogP contribution >= 0.6 is 23.4 Å². The molecule has 0 radical (unpaired) electrons. The molecule has 0 fully saturated rings. The molecule has 0 aliphatic carbocycles. The Morgan fingerprint density at radius 1 is 1.16 bits per heavy atom. The fraction of sp³-hybridized carbons (Fsp3) is 0.136. The molecule has 190 valence electrons. The van der Waals surface area contributed by atoms with Gasteiger partial charge in [0.2, 0.25) is 5.95 Å². The van der Waals surface area contributed by atoms with Crippen LogP contribution in [-0.4, -0.2) is 40.3 Å². The number of hydrogen-bond acceptors (Lipinski definition) is 7. The summed E-state index contributed by atoms with van der Waals surface area (Å²) in [6, 6.07) is 12.0. The van der Waals surface area contributed by atoms with E-state index in [1.54, 1.807) is 28.7 Å². The summed E-state index contributed by atoms with van der Waals surface area (Å²) in [5.74, 6) is 0.100. The largest absolute Gasteiger partial charge is 0.436 e. The summed E-state index contributed by atoms with van der Waals surface area (Å²) < 4.78 is 42.5. The quantitative estimate of drug-likeness (QED) is 0.263. The minimum atomic E-state index is -4.83. The van der Waals surface area contributed by atoms with Crippen LogP contribution < -0.4 is 10.6 Å². The van der Waals surface area contributed by atoms with Gasteiger partial charge >= 0.3 is 6.18 Å². The Morgan fingerprint density at radius 2 is 1.92 bits per heavy atom. The molecule has 0 aliphatic rings. The minimum Gasteiger partial charge on any atom is -0.322 e. The van der Waals surface area contributed by atoms with Crippen LogP contribution in [0, 0.1) is 6.92 Å². The van der Waals surface area contributed by atoms with Crippen LogP contribution in [0.1, 0.15) is 21.7 Å². The Kier molecular flexibility index (Phi) is 6.29. The lowest BCUT2D eigenvalue weighted by atomic mass is 10.2. The highest BCUT2D eigenvalue weighted by Gasteiger charge is 2.41. The van der Waals surface area contributed by atoms with Gasteiger partial charge < -0.3 is 10.6 Å². The van der Waals surface area contributed by atoms with Crippen LogP contribution in [-0.2, 0) is 13.2 Å². The van der Waals surface area contributed by atoms with Crippen molar-refractivity contribution >= 4 is 52.4 Å². The lowest BCUT2D eigenvalue weighted by Crippen LogP contribution is -2.18. The summed E-state index contributed by atoms with van der Waals surface area (Å²) in [5, 5.41) is 16.0. The van der Waals surface area contributed by atoms with Crippen molar-refractivity contribution in [2.45, 2.75) is 23.2 Å². The van der Waals surface area contributed by atoms with Gasteiger partial charge in [0.25, 0.3) is 5.91 Å². The third-order valence-electron chi connectivity index (χ3n) is 5.11. The van der Waals surface area contributed by atoms with Gasteiger partial charge in [-0.05, 0) is 55.1 Å². The van der Waals surface area contributed by atoms with Gasteiger partial charge in [-0.2, -0.15) is 28.4 Å². The van der Waals surface area contributed by atoms with Crippen molar-refractivity contribution in [3.8, 4) is 0 Å². The zero-order chi connectivity index (χ0) is 26.3. The number of anilines is 3.